The van der Waals surface area contributed by atoms with Crippen molar-refractivity contribution in [2.24, 2.45) is 5.10 Å². The lowest BCUT2D eigenvalue weighted by atomic mass is 10.1. The van der Waals surface area contributed by atoms with Gasteiger partial charge >= 0.3 is 0 Å². The van der Waals surface area contributed by atoms with E-state index in [2.05, 4.69) is 15.2 Å². The highest BCUT2D eigenvalue weighted by molar-refractivity contribution is 7.91. The maximum atomic E-state index is 12.8. The Morgan fingerprint density at radius 3 is 2.96 bits per heavy atom. The van der Waals surface area contributed by atoms with Crippen LogP contribution in [0, 0.1) is 6.92 Å². The van der Waals surface area contributed by atoms with E-state index in [-0.39, 0.29) is 9.92 Å². The number of aryl methyl sites for hydroxylation is 1. The molecular formula is C18H17N5O3S2. The molecule has 1 aromatic carbocycles. The molecule has 0 N–H and O–H groups in total. The summed E-state index contributed by atoms with van der Waals surface area (Å²) in [4.78, 5) is 4.36. The smallest absolute Gasteiger partial charge is 0.224 e. The summed E-state index contributed by atoms with van der Waals surface area (Å²) in [6.07, 6.45) is 1.70. The first kappa shape index (κ1) is 17.4. The van der Waals surface area contributed by atoms with Gasteiger partial charge in [0.25, 0.3) is 0 Å². The van der Waals surface area contributed by atoms with E-state index in [4.69, 9.17) is 4.74 Å². The van der Waals surface area contributed by atoms with Crippen LogP contribution < -0.4 is 4.74 Å². The van der Waals surface area contributed by atoms with Crippen LogP contribution in [0.5, 0.6) is 5.88 Å². The highest BCUT2D eigenvalue weighted by Gasteiger charge is 2.23. The van der Waals surface area contributed by atoms with Gasteiger partial charge < -0.3 is 4.74 Å². The first-order chi connectivity index (χ1) is 13.5. The van der Waals surface area contributed by atoms with Crippen molar-refractivity contribution in [2.75, 3.05) is 6.61 Å². The number of sulfone groups is 1. The number of aromatic nitrogens is 3. The minimum absolute atomic E-state index is 0.0966. The molecule has 0 fully saturated rings. The van der Waals surface area contributed by atoms with Gasteiger partial charge in [-0.15, -0.1) is 11.3 Å². The largest absolute Gasteiger partial charge is 0.476 e. The van der Waals surface area contributed by atoms with Gasteiger partial charge in [0.2, 0.25) is 15.7 Å². The van der Waals surface area contributed by atoms with Gasteiger partial charge in [-0.2, -0.15) is 10.2 Å². The molecule has 4 heterocycles. The maximum Gasteiger partial charge on any atom is 0.224 e. The van der Waals surface area contributed by atoms with Crippen LogP contribution >= 0.6 is 11.3 Å². The number of thiazole rings is 1. The molecule has 0 spiro atoms. The van der Waals surface area contributed by atoms with Crippen LogP contribution in [0.15, 0.2) is 44.7 Å². The Kier molecular flexibility index (Phi) is 3.98. The highest BCUT2D eigenvalue weighted by Crippen LogP contribution is 2.27. The second-order valence-electron chi connectivity index (χ2n) is 6.68. The first-order valence-corrected chi connectivity index (χ1v) is 11.1. The fraction of sp³-hybridized carbons (Fsp3) is 0.278. The van der Waals surface area contributed by atoms with Crippen molar-refractivity contribution in [3.8, 4) is 5.88 Å². The summed E-state index contributed by atoms with van der Waals surface area (Å²) in [5.41, 5.74) is 2.72. The summed E-state index contributed by atoms with van der Waals surface area (Å²) >= 11 is 1.32. The number of hydrogen-bond acceptors (Lipinski definition) is 8. The second kappa shape index (κ2) is 6.42. The molecule has 0 saturated carbocycles. The van der Waals surface area contributed by atoms with Crippen LogP contribution in [0.3, 0.4) is 0 Å². The molecule has 28 heavy (non-hydrogen) atoms. The highest BCUT2D eigenvalue weighted by atomic mass is 32.2. The predicted molar refractivity (Wildman–Crippen MR) is 103 cm³/mol. The minimum atomic E-state index is -3.61. The standard InChI is InChI=1S/C18H17N5O3S2/c1-12-20-17(11-27-12)28(24,25)16-3-2-13-9-22(19-8-14(13)6-16)10-15-7-18-23(21-15)4-5-26-18/h2-3,6-8,11H,4-5,9-10H2,1H3. The Bertz CT molecular complexity index is 1170. The fourth-order valence-electron chi connectivity index (χ4n) is 3.30. The molecule has 144 valence electrons. The molecule has 0 aliphatic carbocycles. The molecule has 0 radical (unpaired) electrons. The summed E-state index contributed by atoms with van der Waals surface area (Å²) in [6, 6.07) is 7.08. The number of hydrazone groups is 1. The van der Waals surface area contributed by atoms with E-state index in [0.717, 1.165) is 34.3 Å². The topological polar surface area (TPSA) is 89.7 Å². The van der Waals surface area contributed by atoms with E-state index >= 15 is 0 Å². The van der Waals surface area contributed by atoms with Gasteiger partial charge in [0.15, 0.2) is 5.03 Å². The number of benzene rings is 1. The Morgan fingerprint density at radius 1 is 1.29 bits per heavy atom. The predicted octanol–water partition coefficient (Wildman–Crippen LogP) is 2.22. The van der Waals surface area contributed by atoms with Gasteiger partial charge in [0.1, 0.15) is 6.61 Å². The minimum Gasteiger partial charge on any atom is -0.476 e. The lowest BCUT2D eigenvalue weighted by molar-refractivity contribution is 0.263. The summed E-state index contributed by atoms with van der Waals surface area (Å²) < 4.78 is 32.9. The third-order valence-electron chi connectivity index (χ3n) is 4.71. The van der Waals surface area contributed by atoms with E-state index in [0.29, 0.717) is 19.7 Å². The van der Waals surface area contributed by atoms with Gasteiger partial charge in [0, 0.05) is 17.0 Å². The molecule has 2 aliphatic heterocycles. The molecule has 8 nitrogen and oxygen atoms in total. The number of rotatable bonds is 4. The second-order valence-corrected chi connectivity index (χ2v) is 9.64. The Morgan fingerprint density at radius 2 is 2.18 bits per heavy atom. The average Bonchev–Trinajstić information content (AvgIpc) is 3.37. The molecule has 5 rings (SSSR count). The molecular weight excluding hydrogens is 398 g/mol. The molecule has 0 saturated heterocycles. The Labute approximate surface area is 166 Å². The van der Waals surface area contributed by atoms with Crippen molar-refractivity contribution in [1.82, 2.24) is 19.8 Å². The van der Waals surface area contributed by atoms with E-state index in [9.17, 15) is 8.42 Å². The lowest BCUT2D eigenvalue weighted by Gasteiger charge is -2.23. The molecule has 10 heteroatoms. The van der Waals surface area contributed by atoms with Crippen molar-refractivity contribution in [3.05, 3.63) is 51.5 Å². The van der Waals surface area contributed by atoms with E-state index in [1.807, 2.05) is 21.8 Å². The average molecular weight is 416 g/mol. The first-order valence-electron chi connectivity index (χ1n) is 8.78. The monoisotopic (exact) mass is 415 g/mol. The van der Waals surface area contributed by atoms with Crippen LogP contribution in [0.4, 0.5) is 0 Å². The molecule has 0 unspecified atom stereocenters. The van der Waals surface area contributed by atoms with Crippen molar-refractivity contribution >= 4 is 27.4 Å². The lowest BCUT2D eigenvalue weighted by Crippen LogP contribution is -2.22. The van der Waals surface area contributed by atoms with Gasteiger partial charge in [-0.1, -0.05) is 6.07 Å². The molecule has 2 aliphatic rings. The van der Waals surface area contributed by atoms with Crippen molar-refractivity contribution in [1.29, 1.82) is 0 Å². The molecule has 0 atom stereocenters. The van der Waals surface area contributed by atoms with E-state index < -0.39 is 9.84 Å². The number of fused-ring (bicyclic) bond motifs is 2. The van der Waals surface area contributed by atoms with Gasteiger partial charge in [-0.05, 0) is 24.6 Å². The number of hydrogen-bond donors (Lipinski definition) is 0. The Balaban J connectivity index is 1.37. The zero-order chi connectivity index (χ0) is 19.3. The summed E-state index contributed by atoms with van der Waals surface area (Å²) in [7, 11) is -3.61. The SMILES string of the molecule is Cc1nc(S(=O)(=O)c2ccc3c(c2)C=NN(Cc2cc4n(n2)CCO4)C3)cs1. The van der Waals surface area contributed by atoms with E-state index in [1.165, 1.54) is 11.3 Å². The van der Waals surface area contributed by atoms with Crippen LogP contribution in [-0.2, 0) is 29.5 Å². The van der Waals surface area contributed by atoms with E-state index in [1.54, 1.807) is 30.7 Å². The summed E-state index contributed by atoms with van der Waals surface area (Å²) in [5, 5.41) is 13.3. The Hall–Kier alpha value is -2.72. The fourth-order valence-corrected chi connectivity index (χ4v) is 5.51. The number of nitrogens with zero attached hydrogens (tertiary/aromatic N) is 5. The zero-order valence-corrected chi connectivity index (χ0v) is 16.7. The molecule has 0 bridgehead atoms. The summed E-state index contributed by atoms with van der Waals surface area (Å²) in [5.74, 6) is 0.795. The quantitative estimate of drug-likeness (QED) is 0.649. The third-order valence-corrected chi connectivity index (χ3v) is 7.26. The summed E-state index contributed by atoms with van der Waals surface area (Å²) in [6.45, 7) is 4.39. The molecule has 2 aromatic heterocycles. The van der Waals surface area contributed by atoms with Crippen molar-refractivity contribution < 1.29 is 13.2 Å². The van der Waals surface area contributed by atoms with Crippen LogP contribution in [0.25, 0.3) is 0 Å². The zero-order valence-electron chi connectivity index (χ0n) is 15.1. The normalized spacial score (nSPS) is 15.4. The van der Waals surface area contributed by atoms with Crippen molar-refractivity contribution in [3.63, 3.8) is 0 Å². The van der Waals surface area contributed by atoms with Gasteiger partial charge in [-0.3, -0.25) is 5.01 Å². The molecule has 0 amide bonds. The van der Waals surface area contributed by atoms with Gasteiger partial charge in [-0.25, -0.2) is 18.1 Å². The molecule has 3 aromatic rings. The van der Waals surface area contributed by atoms with Crippen LogP contribution in [-0.4, -0.2) is 41.0 Å². The van der Waals surface area contributed by atoms with Crippen LogP contribution in [0.2, 0.25) is 0 Å². The van der Waals surface area contributed by atoms with Gasteiger partial charge in [0.05, 0.1) is 41.4 Å². The third kappa shape index (κ3) is 2.98. The van der Waals surface area contributed by atoms with Crippen molar-refractivity contribution in [2.45, 2.75) is 36.5 Å². The number of ether oxygens (including phenoxy) is 1. The van der Waals surface area contributed by atoms with Crippen LogP contribution in [0.1, 0.15) is 21.8 Å². The maximum absolute atomic E-state index is 12.8.